The predicted octanol–water partition coefficient (Wildman–Crippen LogP) is 0.295. The first-order valence-corrected chi connectivity index (χ1v) is 8.07. The number of pyridine rings is 1. The van der Waals surface area contributed by atoms with Crippen molar-refractivity contribution in [3.63, 3.8) is 0 Å². The minimum absolute atomic E-state index is 0.0812. The van der Waals surface area contributed by atoms with E-state index in [4.69, 9.17) is 4.52 Å². The molecule has 8 nitrogen and oxygen atoms in total. The van der Waals surface area contributed by atoms with Crippen molar-refractivity contribution in [1.82, 2.24) is 25.8 Å². The minimum Gasteiger partial charge on any atom is -0.387 e. The number of hydrogen-bond donors (Lipinski definition) is 3. The Balaban J connectivity index is 1.40. The van der Waals surface area contributed by atoms with Gasteiger partial charge >= 0.3 is 0 Å². The van der Waals surface area contributed by atoms with E-state index >= 15 is 0 Å². The van der Waals surface area contributed by atoms with Crippen LogP contribution < -0.4 is 10.6 Å². The number of aryl methyl sites for hydroxylation is 1. The zero-order valence-electron chi connectivity index (χ0n) is 13.4. The molecular weight excluding hydrogens is 310 g/mol. The Morgan fingerprint density at radius 2 is 2.42 bits per heavy atom. The quantitative estimate of drug-likeness (QED) is 0.668. The molecule has 1 atom stereocenters. The second kappa shape index (κ2) is 7.50. The predicted molar refractivity (Wildman–Crippen MR) is 85.9 cm³/mol. The van der Waals surface area contributed by atoms with Crippen molar-refractivity contribution in [3.8, 4) is 11.4 Å². The van der Waals surface area contributed by atoms with Gasteiger partial charge in [-0.1, -0.05) is 5.16 Å². The smallest absolute Gasteiger partial charge is 0.226 e. The van der Waals surface area contributed by atoms with Gasteiger partial charge in [0, 0.05) is 43.9 Å². The summed E-state index contributed by atoms with van der Waals surface area (Å²) in [6, 6.07) is 3.67. The van der Waals surface area contributed by atoms with E-state index in [1.54, 1.807) is 12.4 Å². The van der Waals surface area contributed by atoms with E-state index in [0.717, 1.165) is 12.1 Å². The van der Waals surface area contributed by atoms with E-state index in [1.165, 1.54) is 0 Å². The lowest BCUT2D eigenvalue weighted by Gasteiger charge is -2.21. The lowest BCUT2D eigenvalue weighted by Crippen LogP contribution is -2.44. The summed E-state index contributed by atoms with van der Waals surface area (Å²) in [4.78, 5) is 20.2. The molecule has 8 heteroatoms. The van der Waals surface area contributed by atoms with Crippen LogP contribution in [0, 0.1) is 0 Å². The van der Waals surface area contributed by atoms with Crippen molar-refractivity contribution < 1.29 is 14.4 Å². The fourth-order valence-corrected chi connectivity index (χ4v) is 2.60. The Hall–Kier alpha value is -2.32. The van der Waals surface area contributed by atoms with E-state index in [1.807, 2.05) is 12.1 Å². The van der Waals surface area contributed by atoms with E-state index in [9.17, 15) is 9.90 Å². The first-order valence-electron chi connectivity index (χ1n) is 8.07. The summed E-state index contributed by atoms with van der Waals surface area (Å²) in [7, 11) is 0. The molecule has 0 radical (unpaired) electrons. The van der Waals surface area contributed by atoms with Crippen molar-refractivity contribution in [2.45, 2.75) is 31.3 Å². The van der Waals surface area contributed by atoms with E-state index in [2.05, 4.69) is 25.8 Å². The van der Waals surface area contributed by atoms with Crippen LogP contribution in [-0.4, -0.2) is 51.4 Å². The van der Waals surface area contributed by atoms with Crippen LogP contribution in [-0.2, 0) is 11.2 Å². The van der Waals surface area contributed by atoms with Crippen LogP contribution in [0.1, 0.15) is 25.2 Å². The molecule has 0 unspecified atom stereocenters. The maximum atomic E-state index is 11.8. The molecule has 1 aliphatic heterocycles. The number of β-amino-alcohol motifs (C(OH)–C–C–N with tert-alkyl or cyclic N) is 1. The molecule has 1 fully saturated rings. The SMILES string of the molecule is O=C(CCCc1nc(-c2cccnc2)no1)NC[C@@]1(O)CCNC1. The Kier molecular flexibility index (Phi) is 5.17. The van der Waals surface area contributed by atoms with Crippen LogP contribution in [0.4, 0.5) is 0 Å². The van der Waals surface area contributed by atoms with Crippen molar-refractivity contribution in [2.75, 3.05) is 19.6 Å². The standard InChI is InChI=1S/C16H21N5O3/c22-13(19-11-16(23)6-8-18-10-16)4-1-5-14-20-15(21-24-14)12-3-2-7-17-9-12/h2-3,7,9,18,23H,1,4-6,8,10-11H2,(H,19,22)/t16-/m1/s1. The summed E-state index contributed by atoms with van der Waals surface area (Å²) in [5, 5.41) is 19.9. The fraction of sp³-hybridized carbons (Fsp3) is 0.500. The molecule has 3 heterocycles. The van der Waals surface area contributed by atoms with Gasteiger partial charge in [-0.3, -0.25) is 9.78 Å². The number of rotatable bonds is 7. The van der Waals surface area contributed by atoms with Gasteiger partial charge in [0.05, 0.1) is 5.60 Å². The van der Waals surface area contributed by atoms with Crippen LogP contribution in [0.25, 0.3) is 11.4 Å². The Labute approximate surface area is 139 Å². The van der Waals surface area contributed by atoms with Gasteiger partial charge in [-0.05, 0) is 31.5 Å². The minimum atomic E-state index is -0.819. The zero-order chi connectivity index (χ0) is 16.8. The van der Waals surface area contributed by atoms with Gasteiger partial charge in [-0.2, -0.15) is 4.98 Å². The molecule has 0 aromatic carbocycles. The fourth-order valence-electron chi connectivity index (χ4n) is 2.60. The van der Waals surface area contributed by atoms with Crippen LogP contribution in [0.2, 0.25) is 0 Å². The van der Waals surface area contributed by atoms with E-state index < -0.39 is 5.60 Å². The van der Waals surface area contributed by atoms with Crippen LogP contribution in [0.3, 0.4) is 0 Å². The number of carbonyl (C=O) groups excluding carboxylic acids is 1. The van der Waals surface area contributed by atoms with Crippen LogP contribution in [0.15, 0.2) is 29.0 Å². The summed E-state index contributed by atoms with van der Waals surface area (Å²) in [5.41, 5.74) is -0.0236. The third-order valence-corrected chi connectivity index (χ3v) is 4.02. The van der Waals surface area contributed by atoms with Gasteiger partial charge in [0.2, 0.25) is 17.6 Å². The average Bonchev–Trinajstić information content (AvgIpc) is 3.24. The lowest BCUT2D eigenvalue weighted by molar-refractivity contribution is -0.122. The lowest BCUT2D eigenvalue weighted by atomic mass is 10.0. The number of nitrogens with one attached hydrogen (secondary N) is 2. The highest BCUT2D eigenvalue weighted by molar-refractivity contribution is 5.75. The molecule has 0 aliphatic carbocycles. The van der Waals surface area contributed by atoms with Gasteiger partial charge in [0.1, 0.15) is 0 Å². The molecule has 1 saturated heterocycles. The molecular formula is C16H21N5O3. The molecule has 1 amide bonds. The molecule has 128 valence electrons. The highest BCUT2D eigenvalue weighted by Crippen LogP contribution is 2.15. The summed E-state index contributed by atoms with van der Waals surface area (Å²) < 4.78 is 5.19. The first-order chi connectivity index (χ1) is 11.6. The van der Waals surface area contributed by atoms with Crippen molar-refractivity contribution in [3.05, 3.63) is 30.4 Å². The number of amides is 1. The number of carbonyl (C=O) groups is 1. The second-order valence-corrected chi connectivity index (χ2v) is 6.03. The molecule has 1 aliphatic rings. The molecule has 2 aromatic heterocycles. The average molecular weight is 331 g/mol. The zero-order valence-corrected chi connectivity index (χ0v) is 13.4. The van der Waals surface area contributed by atoms with E-state index in [0.29, 0.717) is 43.9 Å². The Bertz CT molecular complexity index is 667. The molecule has 2 aromatic rings. The Morgan fingerprint density at radius 3 is 3.17 bits per heavy atom. The van der Waals surface area contributed by atoms with Gasteiger partial charge in [0.25, 0.3) is 0 Å². The largest absolute Gasteiger partial charge is 0.387 e. The van der Waals surface area contributed by atoms with Gasteiger partial charge in [-0.25, -0.2) is 0 Å². The number of aliphatic hydroxyl groups is 1. The highest BCUT2D eigenvalue weighted by atomic mass is 16.5. The monoisotopic (exact) mass is 331 g/mol. The topological polar surface area (TPSA) is 113 Å². The maximum absolute atomic E-state index is 11.8. The number of hydrogen-bond acceptors (Lipinski definition) is 7. The van der Waals surface area contributed by atoms with Crippen LogP contribution in [0.5, 0.6) is 0 Å². The summed E-state index contributed by atoms with van der Waals surface area (Å²) >= 11 is 0. The molecule has 0 spiro atoms. The molecule has 0 saturated carbocycles. The van der Waals surface area contributed by atoms with Gasteiger partial charge in [0.15, 0.2) is 0 Å². The Morgan fingerprint density at radius 1 is 1.50 bits per heavy atom. The second-order valence-electron chi connectivity index (χ2n) is 6.03. The maximum Gasteiger partial charge on any atom is 0.226 e. The van der Waals surface area contributed by atoms with Crippen molar-refractivity contribution >= 4 is 5.91 Å². The highest BCUT2D eigenvalue weighted by Gasteiger charge is 2.31. The third kappa shape index (κ3) is 4.36. The van der Waals surface area contributed by atoms with Crippen molar-refractivity contribution in [1.29, 1.82) is 0 Å². The normalized spacial score (nSPS) is 20.2. The molecule has 0 bridgehead atoms. The van der Waals surface area contributed by atoms with Crippen LogP contribution >= 0.6 is 0 Å². The molecule has 24 heavy (non-hydrogen) atoms. The third-order valence-electron chi connectivity index (χ3n) is 4.02. The van der Waals surface area contributed by atoms with Gasteiger partial charge in [-0.15, -0.1) is 0 Å². The molecule has 3 rings (SSSR count). The first kappa shape index (κ1) is 16.5. The molecule has 3 N–H and O–H groups in total. The van der Waals surface area contributed by atoms with E-state index in [-0.39, 0.29) is 12.5 Å². The summed E-state index contributed by atoms with van der Waals surface area (Å²) in [5.74, 6) is 0.918. The summed E-state index contributed by atoms with van der Waals surface area (Å²) in [6.07, 6.45) is 5.51. The number of aromatic nitrogens is 3. The number of nitrogens with zero attached hydrogens (tertiary/aromatic N) is 3. The summed E-state index contributed by atoms with van der Waals surface area (Å²) in [6.45, 7) is 1.58. The van der Waals surface area contributed by atoms with Gasteiger partial charge < -0.3 is 20.3 Å². The van der Waals surface area contributed by atoms with Crippen molar-refractivity contribution in [2.24, 2.45) is 0 Å².